The van der Waals surface area contributed by atoms with Gasteiger partial charge in [0.25, 0.3) is 0 Å². The Bertz CT molecular complexity index is 1350. The second-order valence-electron chi connectivity index (χ2n) is 7.31. The maximum absolute atomic E-state index is 12.8. The molecule has 4 aromatic rings. The van der Waals surface area contributed by atoms with E-state index in [1.807, 2.05) is 67.1 Å². The van der Waals surface area contributed by atoms with Gasteiger partial charge in [0.1, 0.15) is 10.6 Å². The second-order valence-corrected chi connectivity index (χ2v) is 9.91. The summed E-state index contributed by atoms with van der Waals surface area (Å²) in [6.45, 7) is 1.92. The van der Waals surface area contributed by atoms with Gasteiger partial charge in [0.05, 0.1) is 12.9 Å². The van der Waals surface area contributed by atoms with Gasteiger partial charge in [-0.15, -0.1) is 21.5 Å². The molecule has 0 spiro atoms. The average Bonchev–Trinajstić information content (AvgIpc) is 3.36. The number of aryl methyl sites for hydroxylation is 1. The predicted molar refractivity (Wildman–Crippen MR) is 137 cm³/mol. The number of nitrogens with zero attached hydrogens (tertiary/aromatic N) is 3. The number of hydrogen-bond acceptors (Lipinski definition) is 7. The number of ether oxygens (including phenoxy) is 1. The third-order valence-electron chi connectivity index (χ3n) is 5.04. The van der Waals surface area contributed by atoms with Crippen LogP contribution in [-0.4, -0.2) is 39.5 Å². The second kappa shape index (κ2) is 10.4. The Balaban J connectivity index is 1.52. The molecule has 1 amide bonds. The minimum Gasteiger partial charge on any atom is -0.465 e. The van der Waals surface area contributed by atoms with Gasteiger partial charge < -0.3 is 14.6 Å². The van der Waals surface area contributed by atoms with Gasteiger partial charge in [-0.3, -0.25) is 4.79 Å². The summed E-state index contributed by atoms with van der Waals surface area (Å²) in [5, 5.41) is 13.0. The van der Waals surface area contributed by atoms with E-state index < -0.39 is 5.97 Å². The zero-order valence-electron chi connectivity index (χ0n) is 18.7. The van der Waals surface area contributed by atoms with Crippen LogP contribution in [0.25, 0.3) is 22.5 Å². The molecule has 0 aliphatic carbocycles. The molecular weight excluding hydrogens is 492 g/mol. The fourth-order valence-corrected chi connectivity index (χ4v) is 5.48. The van der Waals surface area contributed by atoms with Crippen LogP contribution < -0.4 is 5.32 Å². The van der Waals surface area contributed by atoms with Crippen LogP contribution in [0.2, 0.25) is 5.02 Å². The van der Waals surface area contributed by atoms with E-state index >= 15 is 0 Å². The quantitative estimate of drug-likeness (QED) is 0.253. The van der Waals surface area contributed by atoms with Crippen LogP contribution in [0.15, 0.2) is 59.8 Å². The number of halogens is 1. The van der Waals surface area contributed by atoms with Crippen molar-refractivity contribution in [2.24, 2.45) is 7.05 Å². The lowest BCUT2D eigenvalue weighted by molar-refractivity contribution is -0.113. The summed E-state index contributed by atoms with van der Waals surface area (Å²) in [7, 11) is 3.16. The van der Waals surface area contributed by atoms with Gasteiger partial charge in [0.2, 0.25) is 5.91 Å². The SMILES string of the molecule is COC(=O)c1c(NC(=O)CSc2nnc(-c3cccc(Cl)c3)n2C)sc(C)c1-c1ccccc1. The summed E-state index contributed by atoms with van der Waals surface area (Å²) in [6, 6.07) is 16.9. The molecule has 0 atom stereocenters. The number of benzene rings is 2. The average molecular weight is 513 g/mol. The minimum atomic E-state index is -0.495. The maximum Gasteiger partial charge on any atom is 0.341 e. The van der Waals surface area contributed by atoms with E-state index in [1.165, 1.54) is 30.2 Å². The first-order valence-corrected chi connectivity index (χ1v) is 12.4. The number of carbonyl (C=O) groups excluding carboxylic acids is 2. The molecular formula is C24H21ClN4O3S2. The molecule has 0 radical (unpaired) electrons. The van der Waals surface area contributed by atoms with Crippen molar-refractivity contribution in [2.45, 2.75) is 12.1 Å². The van der Waals surface area contributed by atoms with Gasteiger partial charge in [-0.1, -0.05) is 65.8 Å². The predicted octanol–water partition coefficient (Wildman–Crippen LogP) is 5.69. The molecule has 0 unspecified atom stereocenters. The van der Waals surface area contributed by atoms with Crippen LogP contribution in [0.4, 0.5) is 5.00 Å². The zero-order valence-corrected chi connectivity index (χ0v) is 21.1. The lowest BCUT2D eigenvalue weighted by Gasteiger charge is -2.08. The number of carbonyl (C=O) groups is 2. The fraction of sp³-hybridized carbons (Fsp3) is 0.167. The highest BCUT2D eigenvalue weighted by Gasteiger charge is 2.25. The van der Waals surface area contributed by atoms with Gasteiger partial charge in [-0.25, -0.2) is 4.79 Å². The van der Waals surface area contributed by atoms with E-state index in [1.54, 1.807) is 6.07 Å². The Morgan fingerprint density at radius 2 is 1.85 bits per heavy atom. The fourth-order valence-electron chi connectivity index (χ4n) is 3.49. The first kappa shape index (κ1) is 24.0. The molecule has 174 valence electrons. The number of aromatic nitrogens is 3. The van der Waals surface area contributed by atoms with Crippen LogP contribution in [0, 0.1) is 6.92 Å². The Kier molecular flexibility index (Phi) is 7.35. The van der Waals surface area contributed by atoms with E-state index in [2.05, 4.69) is 15.5 Å². The number of amides is 1. The molecule has 2 heterocycles. The molecule has 2 aromatic carbocycles. The standard InChI is InChI=1S/C24H21ClN4O3S2/c1-14-19(15-8-5-4-6-9-15)20(23(31)32-3)22(34-14)26-18(30)13-33-24-28-27-21(29(24)2)16-10-7-11-17(25)12-16/h4-12H,13H2,1-3H3,(H,26,30). The molecule has 7 nitrogen and oxygen atoms in total. The molecule has 0 saturated carbocycles. The number of anilines is 1. The van der Waals surface area contributed by atoms with Crippen LogP contribution in [0.3, 0.4) is 0 Å². The van der Waals surface area contributed by atoms with Crippen molar-refractivity contribution >= 4 is 51.6 Å². The summed E-state index contributed by atoms with van der Waals surface area (Å²) < 4.78 is 6.82. The van der Waals surface area contributed by atoms with E-state index in [9.17, 15) is 9.59 Å². The number of thioether (sulfide) groups is 1. The van der Waals surface area contributed by atoms with Crippen molar-refractivity contribution in [1.29, 1.82) is 0 Å². The van der Waals surface area contributed by atoms with Crippen molar-refractivity contribution in [3.05, 3.63) is 70.1 Å². The topological polar surface area (TPSA) is 86.1 Å². The third-order valence-corrected chi connectivity index (χ3v) is 7.32. The molecule has 4 rings (SSSR count). The van der Waals surface area contributed by atoms with E-state index in [0.29, 0.717) is 26.6 Å². The molecule has 34 heavy (non-hydrogen) atoms. The lowest BCUT2D eigenvalue weighted by Crippen LogP contribution is -2.16. The van der Waals surface area contributed by atoms with Crippen molar-refractivity contribution < 1.29 is 14.3 Å². The monoisotopic (exact) mass is 512 g/mol. The lowest BCUT2D eigenvalue weighted by atomic mass is 10.0. The van der Waals surface area contributed by atoms with Crippen LogP contribution >= 0.6 is 34.7 Å². The van der Waals surface area contributed by atoms with Crippen LogP contribution in [-0.2, 0) is 16.6 Å². The first-order valence-electron chi connectivity index (χ1n) is 10.2. The van der Waals surface area contributed by atoms with Crippen molar-refractivity contribution in [2.75, 3.05) is 18.2 Å². The van der Waals surface area contributed by atoms with E-state index in [0.717, 1.165) is 21.6 Å². The van der Waals surface area contributed by atoms with Gasteiger partial charge in [0.15, 0.2) is 11.0 Å². The number of esters is 1. The Morgan fingerprint density at radius 1 is 1.12 bits per heavy atom. The van der Waals surface area contributed by atoms with E-state index in [-0.39, 0.29) is 11.7 Å². The molecule has 0 aliphatic heterocycles. The van der Waals surface area contributed by atoms with Crippen molar-refractivity contribution in [3.63, 3.8) is 0 Å². The van der Waals surface area contributed by atoms with Gasteiger partial charge >= 0.3 is 5.97 Å². The Labute approximate surface area is 210 Å². The largest absolute Gasteiger partial charge is 0.465 e. The molecule has 0 aliphatic rings. The smallest absolute Gasteiger partial charge is 0.341 e. The van der Waals surface area contributed by atoms with Gasteiger partial charge in [-0.2, -0.15) is 0 Å². The highest BCUT2D eigenvalue weighted by atomic mass is 35.5. The number of nitrogens with one attached hydrogen (secondary N) is 1. The normalized spacial score (nSPS) is 10.8. The van der Waals surface area contributed by atoms with Crippen molar-refractivity contribution in [1.82, 2.24) is 14.8 Å². The van der Waals surface area contributed by atoms with Gasteiger partial charge in [0, 0.05) is 28.1 Å². The van der Waals surface area contributed by atoms with E-state index in [4.69, 9.17) is 16.3 Å². The van der Waals surface area contributed by atoms with Crippen LogP contribution in [0.5, 0.6) is 0 Å². The summed E-state index contributed by atoms with van der Waals surface area (Å²) in [5.41, 5.74) is 2.85. The molecule has 0 fully saturated rings. The number of methoxy groups -OCH3 is 1. The Hall–Kier alpha value is -3.14. The molecule has 0 bridgehead atoms. The molecule has 1 N–H and O–H groups in total. The summed E-state index contributed by atoms with van der Waals surface area (Å²) >= 11 is 8.69. The van der Waals surface area contributed by atoms with Crippen molar-refractivity contribution in [3.8, 4) is 22.5 Å². The third kappa shape index (κ3) is 5.01. The highest BCUT2D eigenvalue weighted by Crippen LogP contribution is 2.40. The number of hydrogen-bond donors (Lipinski definition) is 1. The number of rotatable bonds is 7. The summed E-state index contributed by atoms with van der Waals surface area (Å²) in [5.74, 6) is -0.00607. The highest BCUT2D eigenvalue weighted by molar-refractivity contribution is 7.99. The number of thiophene rings is 1. The summed E-state index contributed by atoms with van der Waals surface area (Å²) in [4.78, 5) is 26.3. The molecule has 10 heteroatoms. The molecule has 2 aromatic heterocycles. The van der Waals surface area contributed by atoms with Crippen LogP contribution in [0.1, 0.15) is 15.2 Å². The Morgan fingerprint density at radius 3 is 2.56 bits per heavy atom. The first-order chi connectivity index (χ1) is 16.4. The minimum absolute atomic E-state index is 0.0970. The maximum atomic E-state index is 12.8. The summed E-state index contributed by atoms with van der Waals surface area (Å²) in [6.07, 6.45) is 0. The zero-order chi connectivity index (χ0) is 24.2. The molecule has 0 saturated heterocycles. The van der Waals surface area contributed by atoms with Gasteiger partial charge in [-0.05, 0) is 24.6 Å².